The molecule has 33 heavy (non-hydrogen) atoms. The lowest BCUT2D eigenvalue weighted by Gasteiger charge is -2.35. The second-order valence-corrected chi connectivity index (χ2v) is 14.0. The van der Waals surface area contributed by atoms with Crippen LogP contribution in [0.1, 0.15) is 31.9 Å². The van der Waals surface area contributed by atoms with Crippen molar-refractivity contribution in [1.82, 2.24) is 9.97 Å². The van der Waals surface area contributed by atoms with E-state index in [9.17, 15) is 19.7 Å². The first-order valence-corrected chi connectivity index (χ1v) is 14.6. The Morgan fingerprint density at radius 1 is 1.33 bits per heavy atom. The van der Waals surface area contributed by atoms with E-state index in [1.165, 1.54) is 0 Å². The van der Waals surface area contributed by atoms with Gasteiger partial charge in [-0.1, -0.05) is 49.9 Å². The van der Waals surface area contributed by atoms with E-state index in [0.29, 0.717) is 6.42 Å². The van der Waals surface area contributed by atoms with Gasteiger partial charge in [-0.2, -0.15) is 9.97 Å². The number of nitrogen functional groups attached to an aromatic ring is 1. The van der Waals surface area contributed by atoms with Crippen molar-refractivity contribution in [2.24, 2.45) is 0 Å². The van der Waals surface area contributed by atoms with E-state index in [-0.39, 0.29) is 35.0 Å². The number of ether oxygens (including phenoxy) is 1. The molecule has 1 aromatic heterocycles. The number of nitrogens with zero attached hydrogens (tertiary/aromatic N) is 4. The summed E-state index contributed by atoms with van der Waals surface area (Å²) in [5.41, 5.74) is 7.00. The predicted molar refractivity (Wildman–Crippen MR) is 132 cm³/mol. The molecule has 0 aliphatic heterocycles. The fraction of sp³-hybridized carbons (Fsp3) is 0.476. The Kier molecular flexibility index (Phi) is 8.44. The molecule has 180 valence electrons. The minimum Gasteiger partial charge on any atom is -0.449 e. The van der Waals surface area contributed by atoms with Crippen LogP contribution >= 0.6 is 11.8 Å². The van der Waals surface area contributed by atoms with E-state index in [2.05, 4.69) is 9.97 Å². The Hall–Kier alpha value is -2.70. The Bertz CT molecular complexity index is 1030. The summed E-state index contributed by atoms with van der Waals surface area (Å²) in [6.07, 6.45) is 1.57. The molecule has 2 rings (SSSR count). The number of amides is 1. The van der Waals surface area contributed by atoms with Gasteiger partial charge in [0, 0.05) is 0 Å². The van der Waals surface area contributed by atoms with Crippen LogP contribution in [0.4, 0.5) is 22.1 Å². The van der Waals surface area contributed by atoms with Crippen molar-refractivity contribution in [3.05, 3.63) is 45.5 Å². The van der Waals surface area contributed by atoms with E-state index >= 15 is 0 Å². The van der Waals surface area contributed by atoms with Gasteiger partial charge in [-0.05, 0) is 48.9 Å². The SMILES string of the molecule is CCOC(=O)N(Cc1cccc(CC(C)(C)[Si](C)(C)O)c1)c1nc(SC)nc(N)c1[N+](=O)[O-]. The number of carbonyl (C=O) groups is 1. The molecule has 12 heteroatoms. The molecule has 0 aliphatic rings. The van der Waals surface area contributed by atoms with Crippen LogP contribution in [-0.2, 0) is 17.7 Å². The molecule has 0 saturated carbocycles. The Labute approximate surface area is 198 Å². The third kappa shape index (κ3) is 6.42. The molecule has 0 unspecified atom stereocenters. The van der Waals surface area contributed by atoms with Gasteiger partial charge in [-0.3, -0.25) is 15.0 Å². The molecule has 1 amide bonds. The number of anilines is 2. The number of hydrogen-bond donors (Lipinski definition) is 2. The van der Waals surface area contributed by atoms with E-state index in [4.69, 9.17) is 10.5 Å². The molecule has 0 saturated heterocycles. The Balaban J connectivity index is 2.52. The van der Waals surface area contributed by atoms with Crippen LogP contribution in [0, 0.1) is 10.1 Å². The van der Waals surface area contributed by atoms with Gasteiger partial charge >= 0.3 is 11.8 Å². The zero-order chi connectivity index (χ0) is 25.0. The standard InChI is InChI=1S/C21H31N5O5SSi/c1-7-31-20(27)25(18-16(26(28)29)17(22)23-19(24-18)32-4)13-15-10-8-9-14(11-15)12-21(2,3)33(5,6)30/h8-11,30H,7,12-13H2,1-6H3,(H2,22,23,24). The van der Waals surface area contributed by atoms with Crippen LogP contribution in [-0.4, -0.2) is 47.0 Å². The Morgan fingerprint density at radius 2 is 1.97 bits per heavy atom. The molecule has 1 heterocycles. The van der Waals surface area contributed by atoms with Crippen LogP contribution < -0.4 is 10.6 Å². The van der Waals surface area contributed by atoms with Crippen LogP contribution in [0.2, 0.25) is 18.1 Å². The van der Waals surface area contributed by atoms with Crippen LogP contribution in [0.3, 0.4) is 0 Å². The number of nitro groups is 1. The topological polar surface area (TPSA) is 145 Å². The van der Waals surface area contributed by atoms with Crippen LogP contribution in [0.15, 0.2) is 29.4 Å². The van der Waals surface area contributed by atoms with Gasteiger partial charge in [0.25, 0.3) is 0 Å². The summed E-state index contributed by atoms with van der Waals surface area (Å²) in [5, 5.41) is 11.6. The van der Waals surface area contributed by atoms with E-state index < -0.39 is 25.0 Å². The third-order valence-corrected chi connectivity index (χ3v) is 9.65. The predicted octanol–water partition coefficient (Wildman–Crippen LogP) is 4.37. The molecule has 0 spiro atoms. The van der Waals surface area contributed by atoms with Crippen molar-refractivity contribution < 1.29 is 19.3 Å². The number of benzene rings is 1. The van der Waals surface area contributed by atoms with Gasteiger partial charge in [0.05, 0.1) is 18.1 Å². The van der Waals surface area contributed by atoms with E-state index in [1.54, 1.807) is 13.2 Å². The maximum atomic E-state index is 12.8. The largest absolute Gasteiger partial charge is 0.449 e. The van der Waals surface area contributed by atoms with Gasteiger partial charge in [0.2, 0.25) is 11.6 Å². The first-order chi connectivity index (χ1) is 15.3. The normalized spacial score (nSPS) is 11.8. The van der Waals surface area contributed by atoms with Gasteiger partial charge in [0.1, 0.15) is 0 Å². The van der Waals surface area contributed by atoms with Crippen molar-refractivity contribution in [3.63, 3.8) is 0 Å². The Morgan fingerprint density at radius 3 is 2.52 bits per heavy atom. The molecule has 0 aliphatic carbocycles. The van der Waals surface area contributed by atoms with Gasteiger partial charge in [-0.25, -0.2) is 4.79 Å². The second-order valence-electron chi connectivity index (χ2n) is 8.75. The van der Waals surface area contributed by atoms with Gasteiger partial charge in [0.15, 0.2) is 13.5 Å². The molecule has 3 N–H and O–H groups in total. The summed E-state index contributed by atoms with van der Waals surface area (Å²) in [7, 11) is -2.43. The summed E-state index contributed by atoms with van der Waals surface area (Å²) >= 11 is 1.15. The molecule has 0 atom stereocenters. The minimum atomic E-state index is -2.43. The summed E-state index contributed by atoms with van der Waals surface area (Å²) in [4.78, 5) is 43.7. The van der Waals surface area contributed by atoms with E-state index in [1.807, 2.05) is 51.2 Å². The van der Waals surface area contributed by atoms with Crippen molar-refractivity contribution in [2.75, 3.05) is 23.5 Å². The first-order valence-electron chi connectivity index (χ1n) is 10.4. The summed E-state index contributed by atoms with van der Waals surface area (Å²) in [6.45, 7) is 9.60. The highest BCUT2D eigenvalue weighted by Gasteiger charge is 2.38. The van der Waals surface area contributed by atoms with Crippen LogP contribution in [0.5, 0.6) is 0 Å². The third-order valence-electron chi connectivity index (χ3n) is 5.62. The number of thioether (sulfide) groups is 1. The molecule has 1 aromatic carbocycles. The molecule has 10 nitrogen and oxygen atoms in total. The molecule has 0 bridgehead atoms. The molecule has 0 radical (unpaired) electrons. The lowest BCUT2D eigenvalue weighted by Crippen LogP contribution is -2.40. The minimum absolute atomic E-state index is 0.0157. The highest BCUT2D eigenvalue weighted by Crippen LogP contribution is 2.39. The van der Waals surface area contributed by atoms with Crippen LogP contribution in [0.25, 0.3) is 0 Å². The lowest BCUT2D eigenvalue weighted by molar-refractivity contribution is -0.383. The summed E-state index contributed by atoms with van der Waals surface area (Å²) in [6, 6.07) is 7.54. The zero-order valence-electron chi connectivity index (χ0n) is 19.8. The molecule has 2 aromatic rings. The van der Waals surface area contributed by atoms with Crippen molar-refractivity contribution >= 4 is 43.5 Å². The van der Waals surface area contributed by atoms with E-state index in [0.717, 1.165) is 27.8 Å². The lowest BCUT2D eigenvalue weighted by atomic mass is 10.00. The number of hydrogen-bond acceptors (Lipinski definition) is 9. The van der Waals surface area contributed by atoms with Gasteiger partial charge in [-0.15, -0.1) is 0 Å². The fourth-order valence-electron chi connectivity index (χ4n) is 3.07. The molecular weight excluding hydrogens is 462 g/mol. The smallest absolute Gasteiger partial charge is 0.415 e. The molecular formula is C21H31N5O5SSi. The first kappa shape index (κ1) is 26.5. The number of nitrogens with two attached hydrogens (primary N) is 1. The van der Waals surface area contributed by atoms with Crippen molar-refractivity contribution in [2.45, 2.75) is 57.0 Å². The second kappa shape index (κ2) is 10.5. The molecule has 0 fully saturated rings. The quantitative estimate of drug-likeness (QED) is 0.171. The monoisotopic (exact) mass is 493 g/mol. The highest BCUT2D eigenvalue weighted by atomic mass is 32.2. The van der Waals surface area contributed by atoms with Crippen molar-refractivity contribution in [1.29, 1.82) is 0 Å². The number of aromatic nitrogens is 2. The number of rotatable bonds is 9. The summed E-state index contributed by atoms with van der Waals surface area (Å²) in [5.74, 6) is -0.542. The summed E-state index contributed by atoms with van der Waals surface area (Å²) < 4.78 is 5.16. The van der Waals surface area contributed by atoms with Gasteiger partial charge < -0.3 is 15.3 Å². The number of carbonyl (C=O) groups excluding carboxylic acids is 1. The average Bonchev–Trinajstić information content (AvgIpc) is 2.70. The average molecular weight is 494 g/mol. The zero-order valence-corrected chi connectivity index (χ0v) is 21.6. The highest BCUT2D eigenvalue weighted by molar-refractivity contribution is 7.98. The maximum Gasteiger partial charge on any atom is 0.415 e. The fourth-order valence-corrected chi connectivity index (χ4v) is 4.07. The maximum absolute atomic E-state index is 12.8. The van der Waals surface area contributed by atoms with Crippen molar-refractivity contribution in [3.8, 4) is 0 Å².